The lowest BCUT2D eigenvalue weighted by Gasteiger charge is -2.18. The molecule has 0 aliphatic rings. The lowest BCUT2D eigenvalue weighted by molar-refractivity contribution is -0.155. The van der Waals surface area contributed by atoms with Crippen LogP contribution in [0.3, 0.4) is 0 Å². The summed E-state index contributed by atoms with van der Waals surface area (Å²) in [5, 5.41) is 22.7. The van der Waals surface area contributed by atoms with E-state index in [0.717, 1.165) is 6.92 Å². The van der Waals surface area contributed by atoms with Crippen LogP contribution in [-0.2, 0) is 11.3 Å². The molecule has 2 amide bonds. The molecule has 1 rings (SSSR count). The number of carbonyl (C=O) groups is 2. The fourth-order valence-corrected chi connectivity index (χ4v) is 0.947. The molecule has 0 aliphatic carbocycles. The maximum absolute atomic E-state index is 11.2. The van der Waals surface area contributed by atoms with Crippen LogP contribution in [0.4, 0.5) is 4.79 Å². The Bertz CT molecular complexity index is 388. The first-order valence-electron chi connectivity index (χ1n) is 4.86. The predicted octanol–water partition coefficient (Wildman–Crippen LogP) is -0.955. The van der Waals surface area contributed by atoms with Gasteiger partial charge in [-0.15, -0.1) is 0 Å². The zero-order chi connectivity index (χ0) is 12.9. The van der Waals surface area contributed by atoms with E-state index in [9.17, 15) is 14.7 Å². The number of carboxylic acids is 1. The van der Waals surface area contributed by atoms with E-state index in [0.29, 0.717) is 5.69 Å². The van der Waals surface area contributed by atoms with Crippen molar-refractivity contribution in [1.82, 2.24) is 20.6 Å². The zero-order valence-corrected chi connectivity index (χ0v) is 9.23. The second-order valence-corrected chi connectivity index (χ2v) is 3.69. The quantitative estimate of drug-likeness (QED) is 0.454. The molecule has 94 valence electrons. The number of H-pyrrole nitrogens is 1. The van der Waals surface area contributed by atoms with Crippen LogP contribution in [0.1, 0.15) is 12.6 Å². The van der Waals surface area contributed by atoms with Gasteiger partial charge < -0.3 is 25.8 Å². The maximum atomic E-state index is 11.2. The average molecular weight is 242 g/mol. The maximum Gasteiger partial charge on any atom is 0.337 e. The number of nitrogens with zero attached hydrogens (tertiary/aromatic N) is 1. The van der Waals surface area contributed by atoms with Gasteiger partial charge in [0.25, 0.3) is 0 Å². The Hall–Kier alpha value is -2.09. The molecule has 0 radical (unpaired) electrons. The summed E-state index contributed by atoms with van der Waals surface area (Å²) in [7, 11) is 0. The number of urea groups is 1. The van der Waals surface area contributed by atoms with Gasteiger partial charge in [-0.25, -0.2) is 14.6 Å². The average Bonchev–Trinajstić information content (AvgIpc) is 2.76. The SMILES string of the molecule is CC(O)(CNC(=O)NCc1cnc[nH]1)C(=O)O. The zero-order valence-electron chi connectivity index (χ0n) is 9.23. The van der Waals surface area contributed by atoms with Gasteiger partial charge in [-0.2, -0.15) is 0 Å². The molecule has 1 atom stereocenters. The van der Waals surface area contributed by atoms with Crippen molar-refractivity contribution in [3.63, 3.8) is 0 Å². The predicted molar refractivity (Wildman–Crippen MR) is 57.1 cm³/mol. The topological polar surface area (TPSA) is 127 Å². The van der Waals surface area contributed by atoms with Crippen molar-refractivity contribution in [1.29, 1.82) is 0 Å². The molecule has 1 unspecified atom stereocenters. The van der Waals surface area contributed by atoms with Crippen molar-refractivity contribution in [2.75, 3.05) is 6.54 Å². The van der Waals surface area contributed by atoms with E-state index in [1.54, 1.807) is 6.20 Å². The molecule has 0 aromatic carbocycles. The summed E-state index contributed by atoms with van der Waals surface area (Å²) >= 11 is 0. The number of carbonyl (C=O) groups excluding carboxylic acids is 1. The van der Waals surface area contributed by atoms with Crippen LogP contribution in [0.15, 0.2) is 12.5 Å². The van der Waals surface area contributed by atoms with Gasteiger partial charge in [0.1, 0.15) is 0 Å². The molecule has 8 nitrogen and oxygen atoms in total. The molecule has 1 aromatic heterocycles. The lowest BCUT2D eigenvalue weighted by Crippen LogP contribution is -2.49. The first kappa shape index (κ1) is 13.0. The van der Waals surface area contributed by atoms with Gasteiger partial charge in [-0.1, -0.05) is 0 Å². The summed E-state index contributed by atoms with van der Waals surface area (Å²) in [6.07, 6.45) is 3.03. The standard InChI is InChI=1S/C9H14N4O4/c1-9(17,7(14)15)4-12-8(16)11-3-6-2-10-5-13-6/h2,5,17H,3-4H2,1H3,(H,10,13)(H,14,15)(H2,11,12,16). The van der Waals surface area contributed by atoms with Gasteiger partial charge in [-0.05, 0) is 6.92 Å². The Labute approximate surface area is 97.1 Å². The van der Waals surface area contributed by atoms with E-state index >= 15 is 0 Å². The number of hydrogen-bond donors (Lipinski definition) is 5. The molecule has 0 saturated carbocycles. The highest BCUT2D eigenvalue weighted by molar-refractivity contribution is 5.79. The van der Waals surface area contributed by atoms with Crippen molar-refractivity contribution in [3.8, 4) is 0 Å². The van der Waals surface area contributed by atoms with Crippen molar-refractivity contribution in [2.45, 2.75) is 19.1 Å². The van der Waals surface area contributed by atoms with Crippen molar-refractivity contribution < 1.29 is 19.8 Å². The highest BCUT2D eigenvalue weighted by Crippen LogP contribution is 2.00. The van der Waals surface area contributed by atoms with Crippen LogP contribution in [0.25, 0.3) is 0 Å². The van der Waals surface area contributed by atoms with E-state index in [1.165, 1.54) is 6.33 Å². The van der Waals surface area contributed by atoms with E-state index in [2.05, 4.69) is 20.6 Å². The van der Waals surface area contributed by atoms with Gasteiger partial charge >= 0.3 is 12.0 Å². The number of aliphatic carboxylic acids is 1. The molecule has 0 aliphatic heterocycles. The highest BCUT2D eigenvalue weighted by Gasteiger charge is 2.30. The van der Waals surface area contributed by atoms with Crippen molar-refractivity contribution >= 4 is 12.0 Å². The Morgan fingerprint density at radius 3 is 2.76 bits per heavy atom. The summed E-state index contributed by atoms with van der Waals surface area (Å²) in [6.45, 7) is 0.961. The minimum Gasteiger partial charge on any atom is -0.479 e. The molecule has 8 heteroatoms. The summed E-state index contributed by atoms with van der Waals surface area (Å²) in [5.41, 5.74) is -1.27. The fourth-order valence-electron chi connectivity index (χ4n) is 0.947. The number of aromatic amines is 1. The number of carboxylic acid groups (broad SMARTS) is 1. The number of nitrogens with one attached hydrogen (secondary N) is 3. The van der Waals surface area contributed by atoms with Crippen molar-refractivity contribution in [3.05, 3.63) is 18.2 Å². The smallest absolute Gasteiger partial charge is 0.337 e. The van der Waals surface area contributed by atoms with Crippen LogP contribution >= 0.6 is 0 Å². The summed E-state index contributed by atoms with van der Waals surface area (Å²) < 4.78 is 0. The molecular weight excluding hydrogens is 228 g/mol. The number of imidazole rings is 1. The number of aromatic nitrogens is 2. The van der Waals surface area contributed by atoms with Crippen LogP contribution in [0, 0.1) is 0 Å². The van der Waals surface area contributed by atoms with Gasteiger partial charge in [0, 0.05) is 6.20 Å². The molecular formula is C9H14N4O4. The Morgan fingerprint density at radius 1 is 1.53 bits per heavy atom. The minimum absolute atomic E-state index is 0.237. The highest BCUT2D eigenvalue weighted by atomic mass is 16.4. The number of hydrogen-bond acceptors (Lipinski definition) is 4. The van der Waals surface area contributed by atoms with E-state index < -0.39 is 17.6 Å². The van der Waals surface area contributed by atoms with E-state index in [4.69, 9.17) is 5.11 Å². The molecule has 0 fully saturated rings. The number of amides is 2. The number of rotatable bonds is 5. The molecule has 17 heavy (non-hydrogen) atoms. The molecule has 5 N–H and O–H groups in total. The number of aliphatic hydroxyl groups is 1. The van der Waals surface area contributed by atoms with Crippen LogP contribution in [0.5, 0.6) is 0 Å². The Kier molecular flexibility index (Phi) is 4.05. The monoisotopic (exact) mass is 242 g/mol. The molecule has 1 aromatic rings. The van der Waals surface area contributed by atoms with Crippen LogP contribution in [-0.4, -0.2) is 44.3 Å². The fraction of sp³-hybridized carbons (Fsp3) is 0.444. The third kappa shape index (κ3) is 4.11. The summed E-state index contributed by atoms with van der Waals surface area (Å²) in [5.74, 6) is -1.40. The first-order valence-corrected chi connectivity index (χ1v) is 4.86. The largest absolute Gasteiger partial charge is 0.479 e. The Balaban J connectivity index is 2.28. The molecule has 1 heterocycles. The summed E-state index contributed by atoms with van der Waals surface area (Å²) in [4.78, 5) is 28.3. The van der Waals surface area contributed by atoms with Crippen LogP contribution < -0.4 is 10.6 Å². The second-order valence-electron chi connectivity index (χ2n) is 3.69. The van der Waals surface area contributed by atoms with E-state index in [1.807, 2.05) is 0 Å². The Morgan fingerprint density at radius 2 is 2.24 bits per heavy atom. The van der Waals surface area contributed by atoms with Crippen LogP contribution in [0.2, 0.25) is 0 Å². The molecule has 0 saturated heterocycles. The summed E-state index contributed by atoms with van der Waals surface area (Å²) in [6, 6.07) is -0.568. The van der Waals surface area contributed by atoms with Gasteiger partial charge in [0.05, 0.1) is 25.1 Å². The van der Waals surface area contributed by atoms with Gasteiger partial charge in [0.15, 0.2) is 5.60 Å². The van der Waals surface area contributed by atoms with Gasteiger partial charge in [0.2, 0.25) is 0 Å². The molecule has 0 bridgehead atoms. The minimum atomic E-state index is -1.98. The second kappa shape index (κ2) is 5.30. The first-order chi connectivity index (χ1) is 7.92. The molecule has 0 spiro atoms. The third-order valence-corrected chi connectivity index (χ3v) is 2.05. The van der Waals surface area contributed by atoms with E-state index in [-0.39, 0.29) is 13.1 Å². The normalized spacial score (nSPS) is 13.8. The van der Waals surface area contributed by atoms with Crippen molar-refractivity contribution in [2.24, 2.45) is 0 Å². The van der Waals surface area contributed by atoms with Gasteiger partial charge in [-0.3, -0.25) is 0 Å². The third-order valence-electron chi connectivity index (χ3n) is 2.05. The lowest BCUT2D eigenvalue weighted by atomic mass is 10.1.